The Hall–Kier alpha value is -2.89. The molecule has 1 aromatic carbocycles. The number of nitrogens with zero attached hydrogens (tertiary/aromatic N) is 2. The highest BCUT2D eigenvalue weighted by Crippen LogP contribution is 2.27. The van der Waals surface area contributed by atoms with Gasteiger partial charge in [0.15, 0.2) is 0 Å². The van der Waals surface area contributed by atoms with Crippen LogP contribution in [0.3, 0.4) is 0 Å². The van der Waals surface area contributed by atoms with Gasteiger partial charge in [-0.2, -0.15) is 0 Å². The van der Waals surface area contributed by atoms with E-state index in [9.17, 15) is 9.59 Å². The molecule has 1 aliphatic heterocycles. The summed E-state index contributed by atoms with van der Waals surface area (Å²) in [5, 5.41) is 2.89. The molecule has 0 spiro atoms. The number of rotatable bonds is 6. The van der Waals surface area contributed by atoms with Gasteiger partial charge in [0.2, 0.25) is 11.8 Å². The molecule has 3 rings (SSSR count). The average molecular weight is 339 g/mol. The summed E-state index contributed by atoms with van der Waals surface area (Å²) in [7, 11) is 0. The first-order valence-corrected chi connectivity index (χ1v) is 8.37. The second-order valence-corrected chi connectivity index (χ2v) is 5.91. The van der Waals surface area contributed by atoms with Crippen LogP contribution in [0.15, 0.2) is 48.8 Å². The number of carbonyl (C=O) groups is 2. The Labute approximate surface area is 146 Å². The highest BCUT2D eigenvalue weighted by Gasteiger charge is 2.34. The Balaban J connectivity index is 1.58. The van der Waals surface area contributed by atoms with E-state index in [0.29, 0.717) is 19.7 Å². The highest BCUT2D eigenvalue weighted by molar-refractivity contribution is 6.00. The number of aromatic nitrogens is 1. The third kappa shape index (κ3) is 4.15. The van der Waals surface area contributed by atoms with Crippen molar-refractivity contribution in [1.82, 2.24) is 10.3 Å². The first-order chi connectivity index (χ1) is 12.2. The van der Waals surface area contributed by atoms with E-state index >= 15 is 0 Å². The maximum Gasteiger partial charge on any atom is 0.227 e. The summed E-state index contributed by atoms with van der Waals surface area (Å²) in [6.45, 7) is 3.36. The van der Waals surface area contributed by atoms with Crippen molar-refractivity contribution in [2.75, 3.05) is 18.1 Å². The average Bonchev–Trinajstić information content (AvgIpc) is 3.03. The van der Waals surface area contributed by atoms with Crippen molar-refractivity contribution in [3.63, 3.8) is 0 Å². The molecule has 1 saturated heterocycles. The van der Waals surface area contributed by atoms with Crippen LogP contribution in [-0.2, 0) is 16.1 Å². The zero-order valence-electron chi connectivity index (χ0n) is 14.1. The first-order valence-electron chi connectivity index (χ1n) is 8.37. The fraction of sp³-hybridized carbons (Fsp3) is 0.316. The number of hydrogen-bond acceptors (Lipinski definition) is 4. The maximum atomic E-state index is 12.4. The Bertz CT molecular complexity index is 731. The van der Waals surface area contributed by atoms with E-state index < -0.39 is 0 Å². The standard InChI is InChI=1S/C19H21N3O3/c1-2-25-17-5-3-16(4-6-17)22-13-15(11-18(22)23)19(24)21-12-14-7-9-20-10-8-14/h3-10,15H,2,11-13H2,1H3,(H,21,24)/t15-/m1/s1. The molecule has 2 amide bonds. The van der Waals surface area contributed by atoms with Gasteiger partial charge in [0.05, 0.1) is 12.5 Å². The van der Waals surface area contributed by atoms with E-state index in [2.05, 4.69) is 10.3 Å². The fourth-order valence-electron chi connectivity index (χ4n) is 2.86. The summed E-state index contributed by atoms with van der Waals surface area (Å²) in [5.41, 5.74) is 1.77. The number of anilines is 1. The number of ether oxygens (including phenoxy) is 1. The molecular formula is C19H21N3O3. The van der Waals surface area contributed by atoms with Gasteiger partial charge < -0.3 is 15.0 Å². The molecule has 1 aliphatic rings. The van der Waals surface area contributed by atoms with Crippen molar-refractivity contribution in [3.05, 3.63) is 54.4 Å². The van der Waals surface area contributed by atoms with Crippen LogP contribution in [-0.4, -0.2) is 29.9 Å². The maximum absolute atomic E-state index is 12.4. The van der Waals surface area contributed by atoms with Crippen molar-refractivity contribution >= 4 is 17.5 Å². The zero-order valence-corrected chi connectivity index (χ0v) is 14.1. The van der Waals surface area contributed by atoms with Crippen molar-refractivity contribution < 1.29 is 14.3 Å². The number of benzene rings is 1. The molecule has 1 fully saturated rings. The van der Waals surface area contributed by atoms with Gasteiger partial charge in [0.1, 0.15) is 5.75 Å². The number of amides is 2. The molecule has 1 N–H and O–H groups in total. The lowest BCUT2D eigenvalue weighted by Gasteiger charge is -2.17. The molecule has 1 aromatic heterocycles. The van der Waals surface area contributed by atoms with Crippen LogP contribution in [0.2, 0.25) is 0 Å². The fourth-order valence-corrected chi connectivity index (χ4v) is 2.86. The molecule has 0 saturated carbocycles. The van der Waals surface area contributed by atoms with Gasteiger partial charge in [0.25, 0.3) is 0 Å². The van der Waals surface area contributed by atoms with Crippen molar-refractivity contribution in [1.29, 1.82) is 0 Å². The van der Waals surface area contributed by atoms with Crippen molar-refractivity contribution in [2.45, 2.75) is 19.9 Å². The van der Waals surface area contributed by atoms with Crippen LogP contribution < -0.4 is 15.0 Å². The summed E-state index contributed by atoms with van der Waals surface area (Å²) >= 11 is 0. The lowest BCUT2D eigenvalue weighted by atomic mass is 10.1. The lowest BCUT2D eigenvalue weighted by Crippen LogP contribution is -2.32. The molecule has 6 heteroatoms. The molecule has 1 atom stereocenters. The Kier molecular flexibility index (Phi) is 5.28. The van der Waals surface area contributed by atoms with Crippen LogP contribution in [0.25, 0.3) is 0 Å². The van der Waals surface area contributed by atoms with Crippen LogP contribution >= 0.6 is 0 Å². The van der Waals surface area contributed by atoms with E-state index in [1.165, 1.54) is 0 Å². The lowest BCUT2D eigenvalue weighted by molar-refractivity contribution is -0.126. The van der Waals surface area contributed by atoms with E-state index in [4.69, 9.17) is 4.74 Å². The molecule has 0 bridgehead atoms. The molecule has 2 aromatic rings. The molecule has 6 nitrogen and oxygen atoms in total. The number of nitrogens with one attached hydrogen (secondary N) is 1. The van der Waals surface area contributed by atoms with Gasteiger partial charge in [-0.15, -0.1) is 0 Å². The molecule has 25 heavy (non-hydrogen) atoms. The van der Waals surface area contributed by atoms with Gasteiger partial charge in [-0.1, -0.05) is 0 Å². The normalized spacial score (nSPS) is 16.8. The first kappa shape index (κ1) is 17.0. The van der Waals surface area contributed by atoms with E-state index in [0.717, 1.165) is 17.0 Å². The zero-order chi connectivity index (χ0) is 17.6. The second kappa shape index (κ2) is 7.79. The molecule has 0 unspecified atom stereocenters. The van der Waals surface area contributed by atoms with Crippen molar-refractivity contribution in [2.24, 2.45) is 5.92 Å². The van der Waals surface area contributed by atoms with Crippen LogP contribution in [0.4, 0.5) is 5.69 Å². The Morgan fingerprint density at radius 2 is 1.96 bits per heavy atom. The Morgan fingerprint density at radius 1 is 1.24 bits per heavy atom. The smallest absolute Gasteiger partial charge is 0.227 e. The van der Waals surface area contributed by atoms with Crippen molar-refractivity contribution in [3.8, 4) is 5.75 Å². The second-order valence-electron chi connectivity index (χ2n) is 5.91. The van der Waals surface area contributed by atoms with Gasteiger partial charge >= 0.3 is 0 Å². The monoisotopic (exact) mass is 339 g/mol. The van der Waals surface area contributed by atoms with E-state index in [1.807, 2.05) is 43.3 Å². The molecular weight excluding hydrogens is 318 g/mol. The quantitative estimate of drug-likeness (QED) is 0.875. The number of carbonyl (C=O) groups excluding carboxylic acids is 2. The summed E-state index contributed by atoms with van der Waals surface area (Å²) in [4.78, 5) is 30.2. The topological polar surface area (TPSA) is 71.5 Å². The highest BCUT2D eigenvalue weighted by atomic mass is 16.5. The SMILES string of the molecule is CCOc1ccc(N2C[C@H](C(=O)NCc3ccncc3)CC2=O)cc1. The summed E-state index contributed by atoms with van der Waals surface area (Å²) < 4.78 is 5.41. The molecule has 130 valence electrons. The largest absolute Gasteiger partial charge is 0.494 e. The Morgan fingerprint density at radius 3 is 2.64 bits per heavy atom. The molecule has 2 heterocycles. The summed E-state index contributed by atoms with van der Waals surface area (Å²) in [6.07, 6.45) is 3.61. The summed E-state index contributed by atoms with van der Waals surface area (Å²) in [5.74, 6) is 0.303. The minimum atomic E-state index is -0.332. The predicted molar refractivity (Wildman–Crippen MR) is 94.2 cm³/mol. The van der Waals surface area contributed by atoms with Gasteiger partial charge in [-0.3, -0.25) is 14.6 Å². The molecule has 0 radical (unpaired) electrons. The minimum Gasteiger partial charge on any atom is -0.494 e. The molecule has 0 aliphatic carbocycles. The van der Waals surface area contributed by atoms with E-state index in [-0.39, 0.29) is 24.2 Å². The third-order valence-corrected chi connectivity index (χ3v) is 4.17. The third-order valence-electron chi connectivity index (χ3n) is 4.17. The number of pyridine rings is 1. The van der Waals surface area contributed by atoms with Crippen LogP contribution in [0.5, 0.6) is 5.75 Å². The van der Waals surface area contributed by atoms with Crippen LogP contribution in [0.1, 0.15) is 18.9 Å². The van der Waals surface area contributed by atoms with Gasteiger partial charge in [-0.05, 0) is 48.9 Å². The van der Waals surface area contributed by atoms with Gasteiger partial charge in [-0.25, -0.2) is 0 Å². The van der Waals surface area contributed by atoms with Gasteiger partial charge in [0, 0.05) is 37.6 Å². The predicted octanol–water partition coefficient (Wildman–Crippen LogP) is 2.15. The summed E-state index contributed by atoms with van der Waals surface area (Å²) in [6, 6.07) is 11.1. The minimum absolute atomic E-state index is 0.0341. The van der Waals surface area contributed by atoms with E-state index in [1.54, 1.807) is 17.3 Å². The number of hydrogen-bond donors (Lipinski definition) is 1. The van der Waals surface area contributed by atoms with Crippen LogP contribution in [0, 0.1) is 5.92 Å².